The topological polar surface area (TPSA) is 12.9 Å². The van der Waals surface area contributed by atoms with Crippen molar-refractivity contribution in [2.24, 2.45) is 0 Å². The molecular weight excluding hydrogens is 160 g/mol. The van der Waals surface area contributed by atoms with Crippen molar-refractivity contribution in [2.45, 2.75) is 27.2 Å². The van der Waals surface area contributed by atoms with Gasteiger partial charge in [0.1, 0.15) is 5.69 Å². The monoisotopic (exact) mass is 171 g/mol. The summed E-state index contributed by atoms with van der Waals surface area (Å²) >= 11 is 0. The molecule has 12 heavy (non-hydrogen) atoms. The van der Waals surface area contributed by atoms with Crippen molar-refractivity contribution in [1.82, 2.24) is 4.98 Å². The summed E-state index contributed by atoms with van der Waals surface area (Å²) in [4.78, 5) is 3.69. The first-order valence-corrected chi connectivity index (χ1v) is 3.75. The van der Waals surface area contributed by atoms with E-state index < -0.39 is 6.43 Å². The van der Waals surface area contributed by atoms with E-state index in [0.717, 1.165) is 11.1 Å². The zero-order chi connectivity index (χ0) is 9.30. The van der Waals surface area contributed by atoms with Crippen molar-refractivity contribution in [3.8, 4) is 0 Å². The lowest BCUT2D eigenvalue weighted by molar-refractivity contribution is 0.145. The zero-order valence-corrected chi connectivity index (χ0v) is 7.36. The summed E-state index contributed by atoms with van der Waals surface area (Å²) in [6.45, 7) is 5.37. The molecule has 0 fully saturated rings. The fourth-order valence-electron chi connectivity index (χ4n) is 1.07. The summed E-state index contributed by atoms with van der Waals surface area (Å²) in [5, 5.41) is 0. The van der Waals surface area contributed by atoms with Gasteiger partial charge < -0.3 is 0 Å². The molecule has 0 saturated heterocycles. The first-order valence-electron chi connectivity index (χ1n) is 3.75. The minimum atomic E-state index is -2.47. The van der Waals surface area contributed by atoms with Gasteiger partial charge in [-0.3, -0.25) is 4.98 Å². The Morgan fingerprint density at radius 1 is 1.17 bits per heavy atom. The predicted molar refractivity (Wildman–Crippen MR) is 43.4 cm³/mol. The van der Waals surface area contributed by atoms with Crippen LogP contribution in [0.1, 0.15) is 28.8 Å². The molecule has 0 radical (unpaired) electrons. The molecule has 0 unspecified atom stereocenters. The number of alkyl halides is 2. The van der Waals surface area contributed by atoms with Gasteiger partial charge in [0, 0.05) is 6.20 Å². The molecule has 3 heteroatoms. The Balaban J connectivity index is 3.27. The van der Waals surface area contributed by atoms with E-state index in [4.69, 9.17) is 0 Å². The van der Waals surface area contributed by atoms with Crippen molar-refractivity contribution in [1.29, 1.82) is 0 Å². The van der Waals surface area contributed by atoms with Crippen molar-refractivity contribution in [3.63, 3.8) is 0 Å². The molecule has 0 aromatic carbocycles. The van der Waals surface area contributed by atoms with Gasteiger partial charge in [0.2, 0.25) is 0 Å². The Labute approximate surface area is 70.4 Å². The molecule has 0 amide bonds. The van der Waals surface area contributed by atoms with Crippen LogP contribution in [0, 0.1) is 20.8 Å². The van der Waals surface area contributed by atoms with Gasteiger partial charge in [0.25, 0.3) is 6.43 Å². The van der Waals surface area contributed by atoms with E-state index in [9.17, 15) is 8.78 Å². The second-order valence-corrected chi connectivity index (χ2v) is 2.88. The lowest BCUT2D eigenvalue weighted by Gasteiger charge is -2.08. The van der Waals surface area contributed by atoms with E-state index in [1.165, 1.54) is 6.20 Å². The second-order valence-electron chi connectivity index (χ2n) is 2.88. The standard InChI is InChI=1S/C9H11F2N/c1-5-4-12-8(9(10)11)7(3)6(5)2/h4,9H,1-3H3. The van der Waals surface area contributed by atoms with Crippen LogP contribution in [0.25, 0.3) is 0 Å². The summed E-state index contributed by atoms with van der Waals surface area (Å²) in [5.74, 6) is 0. The number of halogens is 2. The van der Waals surface area contributed by atoms with Gasteiger partial charge in [-0.2, -0.15) is 0 Å². The summed E-state index contributed by atoms with van der Waals surface area (Å²) in [5.41, 5.74) is 2.36. The molecule has 1 nitrogen and oxygen atoms in total. The molecule has 1 aromatic heterocycles. The highest BCUT2D eigenvalue weighted by Gasteiger charge is 2.13. The first kappa shape index (κ1) is 9.10. The third-order valence-electron chi connectivity index (χ3n) is 2.14. The molecule has 0 atom stereocenters. The maximum absolute atomic E-state index is 12.3. The number of rotatable bonds is 1. The minimum absolute atomic E-state index is 0.0990. The summed E-state index contributed by atoms with van der Waals surface area (Å²) in [6.07, 6.45) is -0.978. The number of hydrogen-bond acceptors (Lipinski definition) is 1. The quantitative estimate of drug-likeness (QED) is 0.633. The molecule has 0 N–H and O–H groups in total. The Kier molecular flexibility index (Phi) is 2.40. The van der Waals surface area contributed by atoms with E-state index in [-0.39, 0.29) is 5.69 Å². The van der Waals surface area contributed by atoms with Crippen LogP contribution in [-0.2, 0) is 0 Å². The lowest BCUT2D eigenvalue weighted by Crippen LogP contribution is -1.98. The lowest BCUT2D eigenvalue weighted by atomic mass is 10.1. The van der Waals surface area contributed by atoms with Crippen molar-refractivity contribution in [3.05, 3.63) is 28.6 Å². The molecule has 66 valence electrons. The van der Waals surface area contributed by atoms with Crippen LogP contribution in [-0.4, -0.2) is 4.98 Å². The molecule has 0 aliphatic rings. The molecule has 0 spiro atoms. The second kappa shape index (κ2) is 3.17. The van der Waals surface area contributed by atoms with Crippen molar-refractivity contribution in [2.75, 3.05) is 0 Å². The van der Waals surface area contributed by atoms with Gasteiger partial charge in [0.15, 0.2) is 0 Å². The average Bonchev–Trinajstić information content (AvgIpc) is 2.00. The van der Waals surface area contributed by atoms with Crippen molar-refractivity contribution >= 4 is 0 Å². The highest BCUT2D eigenvalue weighted by Crippen LogP contribution is 2.23. The Bertz CT molecular complexity index is 295. The average molecular weight is 171 g/mol. The van der Waals surface area contributed by atoms with Crippen LogP contribution < -0.4 is 0 Å². The van der Waals surface area contributed by atoms with Gasteiger partial charge in [-0.1, -0.05) is 0 Å². The smallest absolute Gasteiger partial charge is 0.255 e. The van der Waals surface area contributed by atoms with Crippen LogP contribution in [0.5, 0.6) is 0 Å². The third kappa shape index (κ3) is 1.44. The van der Waals surface area contributed by atoms with Crippen molar-refractivity contribution < 1.29 is 8.78 Å². The van der Waals surface area contributed by atoms with Crippen LogP contribution in [0.3, 0.4) is 0 Å². The van der Waals surface area contributed by atoms with Crippen LogP contribution in [0.2, 0.25) is 0 Å². The van der Waals surface area contributed by atoms with Gasteiger partial charge in [0.05, 0.1) is 0 Å². The predicted octanol–water partition coefficient (Wildman–Crippen LogP) is 2.94. The van der Waals surface area contributed by atoms with Crippen LogP contribution >= 0.6 is 0 Å². The molecule has 1 heterocycles. The van der Waals surface area contributed by atoms with E-state index in [1.54, 1.807) is 6.92 Å². The van der Waals surface area contributed by atoms with E-state index in [1.807, 2.05) is 13.8 Å². The molecule has 0 aliphatic heterocycles. The number of hydrogen-bond donors (Lipinski definition) is 0. The van der Waals surface area contributed by atoms with Gasteiger partial charge in [-0.25, -0.2) is 8.78 Å². The fourth-order valence-corrected chi connectivity index (χ4v) is 1.07. The zero-order valence-electron chi connectivity index (χ0n) is 7.36. The number of aryl methyl sites for hydroxylation is 1. The maximum atomic E-state index is 12.3. The van der Waals surface area contributed by atoms with E-state index in [0.29, 0.717) is 5.56 Å². The molecule has 1 rings (SSSR count). The minimum Gasteiger partial charge on any atom is -0.255 e. The van der Waals surface area contributed by atoms with E-state index in [2.05, 4.69) is 4.98 Å². The van der Waals surface area contributed by atoms with E-state index >= 15 is 0 Å². The number of pyridine rings is 1. The highest BCUT2D eigenvalue weighted by molar-refractivity contribution is 5.33. The molecule has 0 saturated carbocycles. The summed E-state index contributed by atoms with van der Waals surface area (Å²) in [6, 6.07) is 0. The fraction of sp³-hybridized carbons (Fsp3) is 0.444. The van der Waals surface area contributed by atoms with Crippen LogP contribution in [0.4, 0.5) is 8.78 Å². The molecule has 1 aromatic rings. The number of nitrogens with zero attached hydrogens (tertiary/aromatic N) is 1. The molecule has 0 bridgehead atoms. The maximum Gasteiger partial charge on any atom is 0.280 e. The SMILES string of the molecule is Cc1cnc(C(F)F)c(C)c1C. The Hall–Kier alpha value is -0.990. The third-order valence-corrected chi connectivity index (χ3v) is 2.14. The Morgan fingerprint density at radius 3 is 2.25 bits per heavy atom. The summed E-state index contributed by atoms with van der Waals surface area (Å²) in [7, 11) is 0. The first-order chi connectivity index (χ1) is 5.54. The van der Waals surface area contributed by atoms with Crippen LogP contribution in [0.15, 0.2) is 6.20 Å². The normalized spacial score (nSPS) is 10.8. The molecule has 0 aliphatic carbocycles. The Morgan fingerprint density at radius 2 is 1.75 bits per heavy atom. The van der Waals surface area contributed by atoms with Gasteiger partial charge in [-0.05, 0) is 37.5 Å². The van der Waals surface area contributed by atoms with Gasteiger partial charge in [-0.15, -0.1) is 0 Å². The summed E-state index contributed by atoms with van der Waals surface area (Å²) < 4.78 is 24.6. The highest BCUT2D eigenvalue weighted by atomic mass is 19.3. The van der Waals surface area contributed by atoms with Gasteiger partial charge >= 0.3 is 0 Å². The largest absolute Gasteiger partial charge is 0.280 e. The number of aromatic nitrogens is 1. The molecular formula is C9H11F2N.